The Kier molecular flexibility index (Phi) is 3.71. The Hall–Kier alpha value is -2.20. The lowest BCUT2D eigenvalue weighted by molar-refractivity contribution is 0.599. The number of nitriles is 1. The molecule has 0 spiro atoms. The van der Waals surface area contributed by atoms with Crippen molar-refractivity contribution >= 4 is 26.4 Å². The average molecular weight is 316 g/mol. The smallest absolute Gasteiger partial charge is 0.193 e. The number of hydrogen-bond donors (Lipinski definition) is 1. The van der Waals surface area contributed by atoms with Crippen LogP contribution in [0.2, 0.25) is 0 Å². The van der Waals surface area contributed by atoms with E-state index in [1.807, 2.05) is 6.07 Å². The molecule has 3 rings (SSSR count). The van der Waals surface area contributed by atoms with Crippen LogP contribution in [0, 0.1) is 11.3 Å². The van der Waals surface area contributed by atoms with Gasteiger partial charge in [-0.1, -0.05) is 12.8 Å². The second-order valence-electron chi connectivity index (χ2n) is 5.61. The minimum atomic E-state index is -3.52. The highest BCUT2D eigenvalue weighted by Crippen LogP contribution is 2.26. The predicted molar refractivity (Wildman–Crippen MR) is 83.2 cm³/mol. The summed E-state index contributed by atoms with van der Waals surface area (Å²) in [5.74, 6) is 0.649. The van der Waals surface area contributed by atoms with Gasteiger partial charge in [-0.2, -0.15) is 5.26 Å². The van der Waals surface area contributed by atoms with Gasteiger partial charge in [0.15, 0.2) is 14.9 Å². The first-order valence-electron chi connectivity index (χ1n) is 7.15. The molecular formula is C15H16N4O2S. The van der Waals surface area contributed by atoms with E-state index in [-0.39, 0.29) is 10.7 Å². The molecule has 6 nitrogen and oxygen atoms in total. The molecule has 114 valence electrons. The van der Waals surface area contributed by atoms with Crippen molar-refractivity contribution in [3.8, 4) is 6.07 Å². The molecule has 1 N–H and O–H groups in total. The Morgan fingerprint density at radius 1 is 1.32 bits per heavy atom. The second kappa shape index (κ2) is 5.54. The summed E-state index contributed by atoms with van der Waals surface area (Å²) in [4.78, 5) is 8.28. The summed E-state index contributed by atoms with van der Waals surface area (Å²) in [6, 6.07) is 5.53. The van der Waals surface area contributed by atoms with Crippen molar-refractivity contribution in [1.29, 1.82) is 5.26 Å². The van der Waals surface area contributed by atoms with Crippen molar-refractivity contribution in [3.63, 3.8) is 0 Å². The second-order valence-corrected chi connectivity index (χ2v) is 7.54. The van der Waals surface area contributed by atoms with Crippen LogP contribution >= 0.6 is 0 Å². The molecule has 1 aliphatic rings. The van der Waals surface area contributed by atoms with Crippen molar-refractivity contribution in [2.24, 2.45) is 0 Å². The highest BCUT2D eigenvalue weighted by Gasteiger charge is 2.18. The highest BCUT2D eigenvalue weighted by molar-refractivity contribution is 7.90. The Morgan fingerprint density at radius 3 is 2.68 bits per heavy atom. The largest absolute Gasteiger partial charge is 0.367 e. The van der Waals surface area contributed by atoms with E-state index in [0.717, 1.165) is 19.1 Å². The Morgan fingerprint density at radius 2 is 2.05 bits per heavy atom. The van der Waals surface area contributed by atoms with Crippen molar-refractivity contribution in [3.05, 3.63) is 24.0 Å². The number of rotatable bonds is 3. The molecule has 1 saturated carbocycles. The molecule has 1 aliphatic carbocycles. The molecule has 0 unspecified atom stereocenters. The van der Waals surface area contributed by atoms with Crippen LogP contribution in [0.3, 0.4) is 0 Å². The first-order valence-corrected chi connectivity index (χ1v) is 9.04. The molecule has 0 aromatic carbocycles. The van der Waals surface area contributed by atoms with Gasteiger partial charge < -0.3 is 5.32 Å². The van der Waals surface area contributed by atoms with Crippen LogP contribution in [0.5, 0.6) is 0 Å². The first kappa shape index (κ1) is 14.7. The van der Waals surface area contributed by atoms with Gasteiger partial charge in [0.25, 0.3) is 0 Å². The van der Waals surface area contributed by atoms with Crippen LogP contribution in [0.1, 0.15) is 31.4 Å². The Bertz CT molecular complexity index is 865. The third-order valence-electron chi connectivity index (χ3n) is 3.85. The maximum Gasteiger partial charge on any atom is 0.193 e. The summed E-state index contributed by atoms with van der Waals surface area (Å²) in [5.41, 5.74) is 0.0752. The number of sulfone groups is 1. The van der Waals surface area contributed by atoms with Crippen molar-refractivity contribution < 1.29 is 8.42 Å². The molecule has 2 heterocycles. The zero-order valence-electron chi connectivity index (χ0n) is 12.2. The van der Waals surface area contributed by atoms with Crippen LogP contribution in [0.15, 0.2) is 23.4 Å². The molecular weight excluding hydrogens is 300 g/mol. The van der Waals surface area contributed by atoms with Gasteiger partial charge in [0.2, 0.25) is 0 Å². The lowest BCUT2D eigenvalue weighted by Gasteiger charge is -2.13. The lowest BCUT2D eigenvalue weighted by Crippen LogP contribution is -2.15. The number of fused-ring (bicyclic) bond motifs is 1. The van der Waals surface area contributed by atoms with Gasteiger partial charge in [-0.15, -0.1) is 0 Å². The summed E-state index contributed by atoms with van der Waals surface area (Å²) < 4.78 is 23.9. The maximum absolute atomic E-state index is 12.0. The molecule has 1 fully saturated rings. The molecule has 0 aliphatic heterocycles. The lowest BCUT2D eigenvalue weighted by atomic mass is 10.2. The van der Waals surface area contributed by atoms with Crippen LogP contribution < -0.4 is 5.32 Å². The molecule has 0 amide bonds. The third kappa shape index (κ3) is 2.88. The summed E-state index contributed by atoms with van der Waals surface area (Å²) in [6.07, 6.45) is 7.29. The van der Waals surface area contributed by atoms with E-state index < -0.39 is 9.84 Å². The first-order chi connectivity index (χ1) is 10.5. The summed E-state index contributed by atoms with van der Waals surface area (Å²) >= 11 is 0. The van der Waals surface area contributed by atoms with Gasteiger partial charge in [0, 0.05) is 29.3 Å². The molecule has 0 radical (unpaired) electrons. The standard InChI is InChI=1S/C15H16N4O2S/c1-22(20,21)15-13-7-14(18-11-4-2-3-5-11)17-9-10(13)6-12(8-16)19-15/h6-7,9,11H,2-5H2,1H3,(H,17,18). The van der Waals surface area contributed by atoms with E-state index >= 15 is 0 Å². The normalized spacial score (nSPS) is 15.8. The molecule has 2 aromatic heterocycles. The van der Waals surface area contributed by atoms with E-state index in [0.29, 0.717) is 22.6 Å². The zero-order chi connectivity index (χ0) is 15.7. The maximum atomic E-state index is 12.0. The molecule has 0 bridgehead atoms. The number of pyridine rings is 2. The molecule has 0 atom stereocenters. The van der Waals surface area contributed by atoms with Gasteiger partial charge in [-0.05, 0) is 25.0 Å². The summed E-state index contributed by atoms with van der Waals surface area (Å²) in [5, 5.41) is 13.4. The van der Waals surface area contributed by atoms with E-state index in [1.165, 1.54) is 12.8 Å². The molecule has 2 aromatic rings. The number of anilines is 1. The number of nitrogens with zero attached hydrogens (tertiary/aromatic N) is 3. The summed E-state index contributed by atoms with van der Waals surface area (Å²) in [6.45, 7) is 0. The van der Waals surface area contributed by atoms with Gasteiger partial charge >= 0.3 is 0 Å². The number of nitrogens with one attached hydrogen (secondary N) is 1. The Balaban J connectivity index is 2.11. The van der Waals surface area contributed by atoms with Crippen molar-refractivity contribution in [1.82, 2.24) is 9.97 Å². The monoisotopic (exact) mass is 316 g/mol. The van der Waals surface area contributed by atoms with Crippen LogP contribution in [-0.4, -0.2) is 30.7 Å². The minimum absolute atomic E-state index is 0.0709. The van der Waals surface area contributed by atoms with Crippen molar-refractivity contribution in [2.75, 3.05) is 11.6 Å². The van der Waals surface area contributed by atoms with E-state index in [2.05, 4.69) is 15.3 Å². The predicted octanol–water partition coefficient (Wildman–Crippen LogP) is 2.26. The van der Waals surface area contributed by atoms with E-state index in [4.69, 9.17) is 5.26 Å². The molecule has 22 heavy (non-hydrogen) atoms. The zero-order valence-corrected chi connectivity index (χ0v) is 13.0. The van der Waals surface area contributed by atoms with Gasteiger partial charge in [-0.25, -0.2) is 18.4 Å². The Labute approximate surface area is 129 Å². The fraction of sp³-hybridized carbons (Fsp3) is 0.400. The quantitative estimate of drug-likeness (QED) is 0.933. The fourth-order valence-electron chi connectivity index (χ4n) is 2.81. The average Bonchev–Trinajstić information content (AvgIpc) is 2.98. The van der Waals surface area contributed by atoms with E-state index in [1.54, 1.807) is 18.3 Å². The molecule has 0 saturated heterocycles. The summed E-state index contributed by atoms with van der Waals surface area (Å²) in [7, 11) is -3.52. The van der Waals surface area contributed by atoms with Gasteiger partial charge in [-0.3, -0.25) is 0 Å². The fourth-order valence-corrected chi connectivity index (χ4v) is 3.65. The van der Waals surface area contributed by atoms with Crippen LogP contribution in [0.4, 0.5) is 5.82 Å². The minimum Gasteiger partial charge on any atom is -0.367 e. The highest BCUT2D eigenvalue weighted by atomic mass is 32.2. The van der Waals surface area contributed by atoms with Crippen LogP contribution in [0.25, 0.3) is 10.8 Å². The van der Waals surface area contributed by atoms with Gasteiger partial charge in [0.05, 0.1) is 0 Å². The van der Waals surface area contributed by atoms with Crippen molar-refractivity contribution in [2.45, 2.75) is 36.8 Å². The third-order valence-corrected chi connectivity index (χ3v) is 4.87. The van der Waals surface area contributed by atoms with Crippen LogP contribution in [-0.2, 0) is 9.84 Å². The van der Waals surface area contributed by atoms with Gasteiger partial charge in [0.1, 0.15) is 17.6 Å². The van der Waals surface area contributed by atoms with E-state index in [9.17, 15) is 8.42 Å². The SMILES string of the molecule is CS(=O)(=O)c1nc(C#N)cc2cnc(NC3CCCC3)cc12. The topological polar surface area (TPSA) is 95.7 Å². The molecule has 7 heteroatoms. The number of hydrogen-bond acceptors (Lipinski definition) is 6. The number of aromatic nitrogens is 2.